The third-order valence-electron chi connectivity index (χ3n) is 4.57. The minimum absolute atomic E-state index is 0.167. The molecule has 2 heterocycles. The van der Waals surface area contributed by atoms with Gasteiger partial charge in [0.05, 0.1) is 16.9 Å². The monoisotopic (exact) mass is 370 g/mol. The zero-order valence-electron chi connectivity index (χ0n) is 14.2. The third-order valence-corrected chi connectivity index (χ3v) is 5.64. The first kappa shape index (κ1) is 16.7. The zero-order chi connectivity index (χ0) is 18.3. The van der Waals surface area contributed by atoms with Crippen LogP contribution < -0.4 is 15.5 Å². The van der Waals surface area contributed by atoms with Gasteiger partial charge in [0, 0.05) is 4.88 Å². The summed E-state index contributed by atoms with van der Waals surface area (Å²) >= 11 is 1.49. The van der Waals surface area contributed by atoms with Crippen molar-refractivity contribution < 1.29 is 14.4 Å². The van der Waals surface area contributed by atoms with Crippen molar-refractivity contribution in [2.45, 2.75) is 32.2 Å². The molecule has 1 atom stereocenters. The molecule has 2 aliphatic rings. The van der Waals surface area contributed by atoms with Crippen LogP contribution in [0.4, 0.5) is 10.8 Å². The van der Waals surface area contributed by atoms with Crippen LogP contribution in [0.1, 0.15) is 34.3 Å². The van der Waals surface area contributed by atoms with Crippen molar-refractivity contribution in [1.29, 1.82) is 0 Å². The summed E-state index contributed by atoms with van der Waals surface area (Å²) < 4.78 is 0. The average molecular weight is 370 g/mol. The highest BCUT2D eigenvalue weighted by atomic mass is 32.1. The van der Waals surface area contributed by atoms with Crippen LogP contribution >= 0.6 is 11.3 Å². The molecule has 1 aliphatic heterocycles. The molecule has 7 nitrogen and oxygen atoms in total. The number of nitrogens with one attached hydrogen (secondary N) is 2. The number of para-hydroxylation sites is 1. The van der Waals surface area contributed by atoms with Gasteiger partial charge < -0.3 is 15.5 Å². The smallest absolute Gasteiger partial charge is 0.254 e. The number of fused-ring (bicyclic) bond motifs is 2. The molecule has 2 N–H and O–H groups in total. The van der Waals surface area contributed by atoms with Gasteiger partial charge in [0.25, 0.3) is 5.91 Å². The maximum Gasteiger partial charge on any atom is 0.254 e. The molecule has 0 spiro atoms. The van der Waals surface area contributed by atoms with Crippen molar-refractivity contribution in [3.8, 4) is 0 Å². The van der Waals surface area contributed by atoms with Crippen LogP contribution in [0.15, 0.2) is 24.3 Å². The van der Waals surface area contributed by atoms with E-state index in [1.54, 1.807) is 31.2 Å². The molecule has 134 valence electrons. The number of nitrogens with zero attached hydrogens (tertiary/aromatic N) is 2. The molecular formula is C18H18N4O3S. The molecule has 1 unspecified atom stereocenters. The number of carbonyl (C=O) groups excluding carboxylic acids is 3. The minimum Gasteiger partial charge on any atom is -0.340 e. The maximum absolute atomic E-state index is 12.7. The van der Waals surface area contributed by atoms with Gasteiger partial charge in [-0.25, -0.2) is 4.98 Å². The van der Waals surface area contributed by atoms with Gasteiger partial charge in [0.2, 0.25) is 11.8 Å². The normalized spacial score (nSPS) is 18.8. The number of aryl methyl sites for hydroxylation is 2. The number of benzene rings is 1. The second-order valence-electron chi connectivity index (χ2n) is 6.43. The summed E-state index contributed by atoms with van der Waals surface area (Å²) in [5, 5.41) is 6.01. The Morgan fingerprint density at radius 2 is 2.15 bits per heavy atom. The Kier molecular flexibility index (Phi) is 4.20. The zero-order valence-corrected chi connectivity index (χ0v) is 15.1. The van der Waals surface area contributed by atoms with Crippen molar-refractivity contribution in [2.75, 3.05) is 16.8 Å². The van der Waals surface area contributed by atoms with Crippen molar-refractivity contribution in [3.63, 3.8) is 0 Å². The average Bonchev–Trinajstić information content (AvgIpc) is 3.18. The number of rotatable bonds is 3. The maximum atomic E-state index is 12.7. The van der Waals surface area contributed by atoms with E-state index in [2.05, 4.69) is 15.6 Å². The highest BCUT2D eigenvalue weighted by molar-refractivity contribution is 7.15. The molecule has 0 radical (unpaired) electrons. The van der Waals surface area contributed by atoms with E-state index in [1.807, 2.05) is 0 Å². The molecule has 0 fully saturated rings. The Hall–Kier alpha value is -2.74. The molecule has 26 heavy (non-hydrogen) atoms. The van der Waals surface area contributed by atoms with Crippen molar-refractivity contribution >= 4 is 39.9 Å². The second-order valence-corrected chi connectivity index (χ2v) is 7.51. The summed E-state index contributed by atoms with van der Waals surface area (Å²) in [6.45, 7) is 1.45. The van der Waals surface area contributed by atoms with Crippen molar-refractivity contribution in [1.82, 2.24) is 10.3 Å². The van der Waals surface area contributed by atoms with Gasteiger partial charge >= 0.3 is 0 Å². The van der Waals surface area contributed by atoms with Crippen LogP contribution in [-0.4, -0.2) is 35.3 Å². The predicted molar refractivity (Wildman–Crippen MR) is 98.5 cm³/mol. The van der Waals surface area contributed by atoms with E-state index >= 15 is 0 Å². The van der Waals surface area contributed by atoms with Gasteiger partial charge in [-0.2, -0.15) is 0 Å². The van der Waals surface area contributed by atoms with Crippen LogP contribution in [0.25, 0.3) is 0 Å². The van der Waals surface area contributed by atoms with Crippen LogP contribution in [0, 0.1) is 0 Å². The summed E-state index contributed by atoms with van der Waals surface area (Å²) in [6.07, 6.45) is 3.07. The molecule has 1 aromatic carbocycles. The van der Waals surface area contributed by atoms with Gasteiger partial charge in [-0.3, -0.25) is 14.4 Å². The molecule has 3 amide bonds. The molecule has 1 aliphatic carbocycles. The standard InChI is InChI=1S/C18H18N4O3S/c1-10-17(25)22(13-7-3-2-5-11(13)16(24)19-10)9-15(23)21-18-20-12-6-4-8-14(12)26-18/h2-3,5,7,10H,4,6,8-9H2,1H3,(H,19,24)(H,20,21,23). The van der Waals surface area contributed by atoms with Gasteiger partial charge in [0.15, 0.2) is 5.13 Å². The third kappa shape index (κ3) is 2.96. The van der Waals surface area contributed by atoms with Crippen molar-refractivity contribution in [2.24, 2.45) is 0 Å². The quantitative estimate of drug-likeness (QED) is 0.861. The number of hydrogen-bond acceptors (Lipinski definition) is 5. The highest BCUT2D eigenvalue weighted by Crippen LogP contribution is 2.30. The topological polar surface area (TPSA) is 91.4 Å². The lowest BCUT2D eigenvalue weighted by Crippen LogP contribution is -2.46. The fourth-order valence-corrected chi connectivity index (χ4v) is 4.36. The summed E-state index contributed by atoms with van der Waals surface area (Å²) in [5.74, 6) is -0.970. The first-order valence-corrected chi connectivity index (χ1v) is 9.34. The molecule has 8 heteroatoms. The van der Waals surface area contributed by atoms with Crippen LogP contribution in [0.5, 0.6) is 0 Å². The fourth-order valence-electron chi connectivity index (χ4n) is 3.30. The Morgan fingerprint density at radius 3 is 2.96 bits per heavy atom. The van der Waals surface area contributed by atoms with E-state index in [4.69, 9.17) is 0 Å². The van der Waals surface area contributed by atoms with Gasteiger partial charge in [-0.1, -0.05) is 12.1 Å². The Labute approximate surface area is 154 Å². The van der Waals surface area contributed by atoms with Gasteiger partial charge in [0.1, 0.15) is 12.6 Å². The van der Waals surface area contributed by atoms with Crippen LogP contribution in [-0.2, 0) is 22.4 Å². The molecule has 0 saturated heterocycles. The molecule has 2 aromatic rings. The first-order valence-electron chi connectivity index (χ1n) is 8.52. The van der Waals surface area contributed by atoms with E-state index in [0.29, 0.717) is 16.4 Å². The summed E-state index contributed by atoms with van der Waals surface area (Å²) in [4.78, 5) is 44.5. The molecule has 1 aromatic heterocycles. The number of hydrogen-bond donors (Lipinski definition) is 2. The lowest BCUT2D eigenvalue weighted by Gasteiger charge is -2.23. The number of amides is 3. The van der Waals surface area contributed by atoms with Crippen molar-refractivity contribution in [3.05, 3.63) is 40.4 Å². The Balaban J connectivity index is 1.56. The number of anilines is 2. The highest BCUT2D eigenvalue weighted by Gasteiger charge is 2.32. The van der Waals surface area contributed by atoms with E-state index in [9.17, 15) is 14.4 Å². The molecule has 0 saturated carbocycles. The minimum atomic E-state index is -0.702. The van der Waals surface area contributed by atoms with Crippen LogP contribution in [0.2, 0.25) is 0 Å². The molecule has 0 bridgehead atoms. The fraction of sp³-hybridized carbons (Fsp3) is 0.333. The number of thiazole rings is 1. The van der Waals surface area contributed by atoms with E-state index in [1.165, 1.54) is 21.1 Å². The molecule has 4 rings (SSSR count). The largest absolute Gasteiger partial charge is 0.340 e. The SMILES string of the molecule is CC1NC(=O)c2ccccc2N(CC(=O)Nc2nc3c(s2)CCC3)C1=O. The first-order chi connectivity index (χ1) is 12.5. The molecular weight excluding hydrogens is 352 g/mol. The summed E-state index contributed by atoms with van der Waals surface area (Å²) in [7, 11) is 0. The lowest BCUT2D eigenvalue weighted by molar-refractivity contribution is -0.122. The van der Waals surface area contributed by atoms with Crippen LogP contribution in [0.3, 0.4) is 0 Å². The number of carbonyl (C=O) groups is 3. The second kappa shape index (κ2) is 6.53. The Bertz CT molecular complexity index is 886. The van der Waals surface area contributed by atoms with E-state index < -0.39 is 6.04 Å². The van der Waals surface area contributed by atoms with E-state index in [0.717, 1.165) is 25.0 Å². The lowest BCUT2D eigenvalue weighted by atomic mass is 10.1. The predicted octanol–water partition coefficient (Wildman–Crippen LogP) is 1.74. The Morgan fingerprint density at radius 1 is 1.35 bits per heavy atom. The number of aromatic nitrogens is 1. The summed E-state index contributed by atoms with van der Waals surface area (Å²) in [6, 6.07) is 6.09. The van der Waals surface area contributed by atoms with Gasteiger partial charge in [-0.15, -0.1) is 11.3 Å². The summed E-state index contributed by atoms with van der Waals surface area (Å²) in [5.41, 5.74) is 1.88. The van der Waals surface area contributed by atoms with E-state index in [-0.39, 0.29) is 24.3 Å². The van der Waals surface area contributed by atoms with Gasteiger partial charge in [-0.05, 0) is 38.3 Å².